The molecule has 0 radical (unpaired) electrons. The van der Waals surface area contributed by atoms with Crippen LogP contribution in [-0.4, -0.2) is 6.04 Å². The van der Waals surface area contributed by atoms with Crippen LogP contribution < -0.4 is 11.1 Å². The summed E-state index contributed by atoms with van der Waals surface area (Å²) >= 11 is 0. The van der Waals surface area contributed by atoms with E-state index in [4.69, 9.17) is 5.73 Å². The van der Waals surface area contributed by atoms with Gasteiger partial charge >= 0.3 is 0 Å². The molecule has 15 heavy (non-hydrogen) atoms. The minimum absolute atomic E-state index is 0.520. The molecule has 0 saturated heterocycles. The van der Waals surface area contributed by atoms with Crippen LogP contribution in [0.2, 0.25) is 0 Å². The largest absolute Gasteiger partial charge is 0.398 e. The van der Waals surface area contributed by atoms with Crippen LogP contribution in [0.15, 0.2) is 18.2 Å². The summed E-state index contributed by atoms with van der Waals surface area (Å²) in [6.45, 7) is 8.70. The van der Waals surface area contributed by atoms with Gasteiger partial charge in [0.05, 0.1) is 0 Å². The lowest BCUT2D eigenvalue weighted by molar-refractivity contribution is 0.511. The fourth-order valence-corrected chi connectivity index (χ4v) is 1.68. The Morgan fingerprint density at radius 3 is 2.47 bits per heavy atom. The van der Waals surface area contributed by atoms with Crippen molar-refractivity contribution in [1.29, 1.82) is 0 Å². The maximum absolute atomic E-state index is 5.87. The molecule has 0 aliphatic carbocycles. The highest BCUT2D eigenvalue weighted by Gasteiger charge is 2.10. The number of hydrogen-bond donors (Lipinski definition) is 2. The Morgan fingerprint density at radius 2 is 2.00 bits per heavy atom. The Labute approximate surface area is 92.9 Å². The highest BCUT2D eigenvalue weighted by atomic mass is 14.9. The van der Waals surface area contributed by atoms with E-state index in [0.29, 0.717) is 12.0 Å². The summed E-state index contributed by atoms with van der Waals surface area (Å²) in [6, 6.07) is 6.69. The van der Waals surface area contributed by atoms with Crippen LogP contribution in [-0.2, 0) is 0 Å². The molecule has 0 aromatic heterocycles. The van der Waals surface area contributed by atoms with Gasteiger partial charge in [0.15, 0.2) is 0 Å². The second-order valence-electron chi connectivity index (χ2n) is 4.47. The average molecular weight is 206 g/mol. The highest BCUT2D eigenvalue weighted by molar-refractivity contribution is 5.58. The molecule has 0 amide bonds. The van der Waals surface area contributed by atoms with Gasteiger partial charge in [-0.05, 0) is 37.0 Å². The van der Waals surface area contributed by atoms with Gasteiger partial charge in [-0.15, -0.1) is 0 Å². The van der Waals surface area contributed by atoms with Crippen molar-refractivity contribution in [2.24, 2.45) is 5.92 Å². The third-order valence-corrected chi connectivity index (χ3v) is 2.88. The summed E-state index contributed by atoms with van der Waals surface area (Å²) in [5, 5.41) is 3.52. The Bertz CT molecular complexity index is 318. The van der Waals surface area contributed by atoms with Gasteiger partial charge < -0.3 is 11.1 Å². The Morgan fingerprint density at radius 1 is 1.33 bits per heavy atom. The van der Waals surface area contributed by atoms with Gasteiger partial charge in [0, 0.05) is 17.4 Å². The number of benzene rings is 1. The summed E-state index contributed by atoms with van der Waals surface area (Å²) in [4.78, 5) is 0. The fraction of sp³-hybridized carbons (Fsp3) is 0.538. The molecule has 2 nitrogen and oxygen atoms in total. The predicted octanol–water partition coefficient (Wildman–Crippen LogP) is 3.42. The second kappa shape index (κ2) is 5.06. The van der Waals surface area contributed by atoms with E-state index >= 15 is 0 Å². The Hall–Kier alpha value is -1.18. The van der Waals surface area contributed by atoms with Crippen LogP contribution in [0.5, 0.6) is 0 Å². The molecular formula is C13H22N2. The smallest absolute Gasteiger partial charge is 0.0364 e. The SMILES string of the molecule is CCC(Nc1ccc(C)c(N)c1)C(C)C. The van der Waals surface area contributed by atoms with Crippen molar-refractivity contribution in [2.45, 2.75) is 40.2 Å². The Kier molecular flexibility index (Phi) is 4.01. The van der Waals surface area contributed by atoms with Gasteiger partial charge in [-0.25, -0.2) is 0 Å². The molecule has 0 heterocycles. The van der Waals surface area contributed by atoms with Gasteiger partial charge in [-0.2, -0.15) is 0 Å². The summed E-state index contributed by atoms with van der Waals surface area (Å²) < 4.78 is 0. The van der Waals surface area contributed by atoms with Crippen LogP contribution in [0.1, 0.15) is 32.8 Å². The normalized spacial score (nSPS) is 12.9. The van der Waals surface area contributed by atoms with Crippen LogP contribution >= 0.6 is 0 Å². The molecule has 1 rings (SSSR count). The van der Waals surface area contributed by atoms with Gasteiger partial charge in [0.1, 0.15) is 0 Å². The first-order chi connectivity index (χ1) is 7.04. The van der Waals surface area contributed by atoms with Gasteiger partial charge in [0.2, 0.25) is 0 Å². The number of nitrogens with two attached hydrogens (primary N) is 1. The molecule has 1 unspecified atom stereocenters. The zero-order valence-electron chi connectivity index (χ0n) is 10.2. The number of nitrogen functional groups attached to an aromatic ring is 1. The van der Waals surface area contributed by atoms with E-state index < -0.39 is 0 Å². The summed E-state index contributed by atoms with van der Waals surface area (Å²) in [5.74, 6) is 0.637. The van der Waals surface area contributed by atoms with Crippen molar-refractivity contribution in [3.63, 3.8) is 0 Å². The lowest BCUT2D eigenvalue weighted by atomic mass is 10.0. The lowest BCUT2D eigenvalue weighted by Gasteiger charge is -2.22. The second-order valence-corrected chi connectivity index (χ2v) is 4.47. The monoisotopic (exact) mass is 206 g/mol. The topological polar surface area (TPSA) is 38.0 Å². The van der Waals surface area contributed by atoms with Crippen molar-refractivity contribution < 1.29 is 0 Å². The third-order valence-electron chi connectivity index (χ3n) is 2.88. The zero-order chi connectivity index (χ0) is 11.4. The number of nitrogens with one attached hydrogen (secondary N) is 1. The van der Waals surface area contributed by atoms with Crippen molar-refractivity contribution in [2.75, 3.05) is 11.1 Å². The van der Waals surface area contributed by atoms with E-state index in [-0.39, 0.29) is 0 Å². The summed E-state index contributed by atoms with van der Waals surface area (Å²) in [5.41, 5.74) is 8.99. The quantitative estimate of drug-likeness (QED) is 0.741. The zero-order valence-corrected chi connectivity index (χ0v) is 10.2. The van der Waals surface area contributed by atoms with Crippen molar-refractivity contribution in [1.82, 2.24) is 0 Å². The Balaban J connectivity index is 2.75. The van der Waals surface area contributed by atoms with E-state index in [9.17, 15) is 0 Å². The summed E-state index contributed by atoms with van der Waals surface area (Å²) in [6.07, 6.45) is 1.13. The maximum Gasteiger partial charge on any atom is 0.0364 e. The van der Waals surface area contributed by atoms with Gasteiger partial charge in [-0.1, -0.05) is 26.8 Å². The van der Waals surface area contributed by atoms with Gasteiger partial charge in [-0.3, -0.25) is 0 Å². The molecular weight excluding hydrogens is 184 g/mol. The van der Waals surface area contributed by atoms with Crippen LogP contribution in [0.4, 0.5) is 11.4 Å². The molecule has 0 saturated carbocycles. The molecule has 3 N–H and O–H groups in total. The molecule has 1 aromatic rings. The third kappa shape index (κ3) is 3.15. The molecule has 1 aromatic carbocycles. The molecule has 2 heteroatoms. The number of aryl methyl sites for hydroxylation is 1. The molecule has 0 fully saturated rings. The minimum atomic E-state index is 0.520. The van der Waals surface area contributed by atoms with Gasteiger partial charge in [0.25, 0.3) is 0 Å². The fourth-order valence-electron chi connectivity index (χ4n) is 1.68. The van der Waals surface area contributed by atoms with E-state index in [2.05, 4.69) is 38.2 Å². The molecule has 0 aliphatic heterocycles. The van der Waals surface area contributed by atoms with E-state index in [1.54, 1.807) is 0 Å². The van der Waals surface area contributed by atoms with Crippen molar-refractivity contribution >= 4 is 11.4 Å². The molecule has 0 aliphatic rings. The molecule has 84 valence electrons. The predicted molar refractivity (Wildman–Crippen MR) is 68.1 cm³/mol. The van der Waals surface area contributed by atoms with E-state index in [1.165, 1.54) is 0 Å². The number of hydrogen-bond acceptors (Lipinski definition) is 2. The minimum Gasteiger partial charge on any atom is -0.398 e. The molecule has 0 bridgehead atoms. The molecule has 0 spiro atoms. The van der Waals surface area contributed by atoms with E-state index in [1.807, 2.05) is 13.0 Å². The number of rotatable bonds is 4. The first-order valence-corrected chi connectivity index (χ1v) is 5.67. The summed E-state index contributed by atoms with van der Waals surface area (Å²) in [7, 11) is 0. The standard InChI is InChI=1S/C13H22N2/c1-5-13(9(2)3)15-11-7-6-10(4)12(14)8-11/h6-9,13,15H,5,14H2,1-4H3. The first-order valence-electron chi connectivity index (χ1n) is 5.67. The average Bonchev–Trinajstić information content (AvgIpc) is 2.19. The highest BCUT2D eigenvalue weighted by Crippen LogP contribution is 2.20. The van der Waals surface area contributed by atoms with Crippen molar-refractivity contribution in [3.05, 3.63) is 23.8 Å². The first kappa shape index (κ1) is 11.9. The van der Waals surface area contributed by atoms with Crippen LogP contribution in [0, 0.1) is 12.8 Å². The van der Waals surface area contributed by atoms with Crippen LogP contribution in [0.25, 0.3) is 0 Å². The van der Waals surface area contributed by atoms with E-state index in [0.717, 1.165) is 23.4 Å². The number of anilines is 2. The lowest BCUT2D eigenvalue weighted by Crippen LogP contribution is -2.24. The van der Waals surface area contributed by atoms with Crippen molar-refractivity contribution in [3.8, 4) is 0 Å². The molecule has 1 atom stereocenters. The van der Waals surface area contributed by atoms with Crippen LogP contribution in [0.3, 0.4) is 0 Å². The maximum atomic E-state index is 5.87.